The summed E-state index contributed by atoms with van der Waals surface area (Å²) in [5.74, 6) is -0.257. The van der Waals surface area contributed by atoms with Crippen molar-refractivity contribution in [3.8, 4) is 0 Å². The topological polar surface area (TPSA) is 98.5 Å². The van der Waals surface area contributed by atoms with Gasteiger partial charge in [0.1, 0.15) is 4.21 Å². The summed E-state index contributed by atoms with van der Waals surface area (Å²) >= 11 is 0.976. The minimum Gasteiger partial charge on any atom is -0.378 e. The number of hydrogen-bond donors (Lipinski definition) is 2. The van der Waals surface area contributed by atoms with E-state index in [0.29, 0.717) is 17.7 Å². The summed E-state index contributed by atoms with van der Waals surface area (Å²) in [5, 5.41) is 9.57. The lowest BCUT2D eigenvalue weighted by atomic mass is 10.0. The number of thiophene rings is 1. The van der Waals surface area contributed by atoms with Crippen LogP contribution in [0.2, 0.25) is 0 Å². The van der Waals surface area contributed by atoms with Crippen LogP contribution in [-0.2, 0) is 14.8 Å². The number of amides is 1. The van der Waals surface area contributed by atoms with Gasteiger partial charge in [-0.1, -0.05) is 0 Å². The first kappa shape index (κ1) is 15.4. The van der Waals surface area contributed by atoms with E-state index >= 15 is 0 Å². The number of rotatable bonds is 3. The van der Waals surface area contributed by atoms with Crippen molar-refractivity contribution in [2.45, 2.75) is 43.0 Å². The van der Waals surface area contributed by atoms with Crippen LogP contribution >= 0.6 is 11.3 Å². The highest BCUT2D eigenvalue weighted by molar-refractivity contribution is 7.91. The zero-order valence-corrected chi connectivity index (χ0v) is 13.0. The Labute approximate surface area is 122 Å². The van der Waals surface area contributed by atoms with Crippen molar-refractivity contribution >= 4 is 27.3 Å². The standard InChI is InChI=1S/C12H18N2O4S2/c1-7-5-9(3-4-18-7)14-11(15)10-6-19-12(8(10)2)20(13,16)17/h6-7,9H,3-5H2,1-2H3,(H,14,15)(H2,13,16,17). The molecule has 6 nitrogen and oxygen atoms in total. The number of primary sulfonamides is 1. The predicted molar refractivity (Wildman–Crippen MR) is 76.3 cm³/mol. The molecule has 1 aromatic rings. The van der Waals surface area contributed by atoms with E-state index in [4.69, 9.17) is 9.88 Å². The number of ether oxygens (including phenoxy) is 1. The number of hydrogen-bond acceptors (Lipinski definition) is 5. The van der Waals surface area contributed by atoms with Gasteiger partial charge in [-0.05, 0) is 32.3 Å². The van der Waals surface area contributed by atoms with E-state index in [2.05, 4.69) is 5.32 Å². The Morgan fingerprint density at radius 1 is 1.55 bits per heavy atom. The fourth-order valence-electron chi connectivity index (χ4n) is 2.30. The van der Waals surface area contributed by atoms with Crippen molar-refractivity contribution in [2.24, 2.45) is 5.14 Å². The van der Waals surface area contributed by atoms with Gasteiger partial charge < -0.3 is 10.1 Å². The molecule has 8 heteroatoms. The Bertz CT molecular complexity index is 609. The molecule has 112 valence electrons. The summed E-state index contributed by atoms with van der Waals surface area (Å²) in [6, 6.07) is 0.0588. The second-order valence-electron chi connectivity index (χ2n) is 4.98. The first-order valence-corrected chi connectivity index (χ1v) is 8.75. The Morgan fingerprint density at radius 3 is 2.80 bits per heavy atom. The summed E-state index contributed by atoms with van der Waals surface area (Å²) in [7, 11) is -3.77. The third-order valence-electron chi connectivity index (χ3n) is 3.32. The van der Waals surface area contributed by atoms with Gasteiger partial charge in [0.05, 0.1) is 11.7 Å². The van der Waals surface area contributed by atoms with E-state index in [1.807, 2.05) is 6.92 Å². The van der Waals surface area contributed by atoms with Gasteiger partial charge >= 0.3 is 0 Å². The molecular weight excluding hydrogens is 300 g/mol. The predicted octanol–water partition coefficient (Wildman–Crippen LogP) is 1.00. The molecule has 0 bridgehead atoms. The number of carbonyl (C=O) groups is 1. The molecular formula is C12H18N2O4S2. The Morgan fingerprint density at radius 2 is 2.25 bits per heavy atom. The molecule has 2 rings (SSSR count). The summed E-state index contributed by atoms with van der Waals surface area (Å²) in [4.78, 5) is 12.2. The van der Waals surface area contributed by atoms with Crippen LogP contribution in [0.15, 0.2) is 9.59 Å². The lowest BCUT2D eigenvalue weighted by molar-refractivity contribution is 0.0136. The highest BCUT2D eigenvalue weighted by Crippen LogP contribution is 2.25. The zero-order chi connectivity index (χ0) is 14.9. The van der Waals surface area contributed by atoms with Crippen molar-refractivity contribution in [1.29, 1.82) is 0 Å². The fourth-order valence-corrected chi connectivity index (χ4v) is 4.31. The van der Waals surface area contributed by atoms with Crippen LogP contribution in [0.25, 0.3) is 0 Å². The number of carbonyl (C=O) groups excluding carboxylic acids is 1. The Kier molecular flexibility index (Phi) is 4.48. The number of sulfonamides is 1. The summed E-state index contributed by atoms with van der Waals surface area (Å²) in [6.07, 6.45) is 1.65. The molecule has 1 saturated heterocycles. The Hall–Kier alpha value is -0.960. The van der Waals surface area contributed by atoms with E-state index in [1.54, 1.807) is 6.92 Å². The van der Waals surface area contributed by atoms with Crippen LogP contribution in [0, 0.1) is 6.92 Å². The number of nitrogens with two attached hydrogens (primary N) is 1. The largest absolute Gasteiger partial charge is 0.378 e. The maximum atomic E-state index is 12.2. The lowest BCUT2D eigenvalue weighted by Crippen LogP contribution is -2.41. The quantitative estimate of drug-likeness (QED) is 0.868. The second kappa shape index (κ2) is 5.80. The average Bonchev–Trinajstić information content (AvgIpc) is 2.70. The minimum atomic E-state index is -3.77. The summed E-state index contributed by atoms with van der Waals surface area (Å²) in [5.41, 5.74) is 0.785. The molecule has 0 saturated carbocycles. The van der Waals surface area contributed by atoms with Crippen LogP contribution in [0.4, 0.5) is 0 Å². The molecule has 2 atom stereocenters. The van der Waals surface area contributed by atoms with Crippen molar-refractivity contribution in [3.63, 3.8) is 0 Å². The van der Waals surface area contributed by atoms with Crippen molar-refractivity contribution < 1.29 is 17.9 Å². The minimum absolute atomic E-state index is 0.0444. The maximum Gasteiger partial charge on any atom is 0.252 e. The van der Waals surface area contributed by atoms with Gasteiger partial charge in [-0.3, -0.25) is 4.79 Å². The molecule has 1 aliphatic rings. The molecule has 1 aliphatic heterocycles. The molecule has 0 aliphatic carbocycles. The molecule has 2 unspecified atom stereocenters. The van der Waals surface area contributed by atoms with Crippen molar-refractivity contribution in [1.82, 2.24) is 5.32 Å². The van der Waals surface area contributed by atoms with Gasteiger partial charge in [0, 0.05) is 18.0 Å². The second-order valence-corrected chi connectivity index (χ2v) is 7.62. The van der Waals surface area contributed by atoms with Crippen LogP contribution in [-0.4, -0.2) is 33.1 Å². The molecule has 0 spiro atoms. The normalized spacial score (nSPS) is 23.6. The van der Waals surface area contributed by atoms with E-state index in [0.717, 1.165) is 24.2 Å². The van der Waals surface area contributed by atoms with Gasteiger partial charge in [-0.2, -0.15) is 0 Å². The van der Waals surface area contributed by atoms with E-state index in [9.17, 15) is 13.2 Å². The van der Waals surface area contributed by atoms with Crippen LogP contribution < -0.4 is 10.5 Å². The molecule has 1 fully saturated rings. The van der Waals surface area contributed by atoms with Crippen molar-refractivity contribution in [3.05, 3.63) is 16.5 Å². The molecule has 3 N–H and O–H groups in total. The molecule has 0 aromatic carbocycles. The van der Waals surface area contributed by atoms with Gasteiger partial charge in [-0.25, -0.2) is 13.6 Å². The number of nitrogens with one attached hydrogen (secondary N) is 1. The van der Waals surface area contributed by atoms with Gasteiger partial charge in [0.2, 0.25) is 10.0 Å². The maximum absolute atomic E-state index is 12.2. The molecule has 0 radical (unpaired) electrons. The van der Waals surface area contributed by atoms with E-state index in [1.165, 1.54) is 5.38 Å². The highest BCUT2D eigenvalue weighted by atomic mass is 32.2. The Balaban J connectivity index is 2.12. The first-order valence-electron chi connectivity index (χ1n) is 6.32. The van der Waals surface area contributed by atoms with Crippen LogP contribution in [0.5, 0.6) is 0 Å². The van der Waals surface area contributed by atoms with Gasteiger partial charge in [0.15, 0.2) is 0 Å². The molecule has 1 amide bonds. The summed E-state index contributed by atoms with van der Waals surface area (Å²) in [6.45, 7) is 4.18. The summed E-state index contributed by atoms with van der Waals surface area (Å²) < 4.78 is 28.2. The highest BCUT2D eigenvalue weighted by Gasteiger charge is 2.25. The monoisotopic (exact) mass is 318 g/mol. The third kappa shape index (κ3) is 3.38. The first-order chi connectivity index (χ1) is 9.29. The van der Waals surface area contributed by atoms with E-state index in [-0.39, 0.29) is 22.3 Å². The smallest absolute Gasteiger partial charge is 0.252 e. The van der Waals surface area contributed by atoms with Gasteiger partial charge in [-0.15, -0.1) is 11.3 Å². The fraction of sp³-hybridized carbons (Fsp3) is 0.583. The SMILES string of the molecule is Cc1c(C(=O)NC2CCOC(C)C2)csc1S(N)(=O)=O. The van der Waals surface area contributed by atoms with Crippen LogP contribution in [0.1, 0.15) is 35.7 Å². The average molecular weight is 318 g/mol. The lowest BCUT2D eigenvalue weighted by Gasteiger charge is -2.27. The van der Waals surface area contributed by atoms with Crippen molar-refractivity contribution in [2.75, 3.05) is 6.61 Å². The van der Waals surface area contributed by atoms with Gasteiger partial charge in [0.25, 0.3) is 5.91 Å². The molecule has 1 aromatic heterocycles. The van der Waals surface area contributed by atoms with Crippen LogP contribution in [0.3, 0.4) is 0 Å². The molecule has 2 heterocycles. The zero-order valence-electron chi connectivity index (χ0n) is 11.4. The third-order valence-corrected chi connectivity index (χ3v) is 6.00. The molecule has 20 heavy (non-hydrogen) atoms. The van der Waals surface area contributed by atoms with E-state index < -0.39 is 10.0 Å².